The van der Waals surface area contributed by atoms with Gasteiger partial charge in [-0.05, 0) is 38.7 Å². The lowest BCUT2D eigenvalue weighted by Gasteiger charge is -2.13. The lowest BCUT2D eigenvalue weighted by atomic mass is 10.0. The van der Waals surface area contributed by atoms with Crippen molar-refractivity contribution in [2.75, 3.05) is 0 Å². The number of hydrogen-bond acceptors (Lipinski definition) is 3. The van der Waals surface area contributed by atoms with Gasteiger partial charge in [0.2, 0.25) is 0 Å². The molecule has 3 rings (SSSR count). The van der Waals surface area contributed by atoms with Crippen LogP contribution in [0, 0.1) is 6.92 Å². The van der Waals surface area contributed by atoms with E-state index in [4.69, 9.17) is 10.2 Å². The zero-order valence-electron chi connectivity index (χ0n) is 10.8. The van der Waals surface area contributed by atoms with Gasteiger partial charge < -0.3 is 14.7 Å². The van der Waals surface area contributed by atoms with Gasteiger partial charge in [-0.25, -0.2) is 4.98 Å². The molecule has 0 spiro atoms. The van der Waals surface area contributed by atoms with Gasteiger partial charge in [-0.2, -0.15) is 0 Å². The fourth-order valence-corrected chi connectivity index (χ4v) is 2.70. The highest BCUT2D eigenvalue weighted by Crippen LogP contribution is 2.22. The molecule has 4 nitrogen and oxygen atoms in total. The molecule has 0 unspecified atom stereocenters. The van der Waals surface area contributed by atoms with Gasteiger partial charge in [0.25, 0.3) is 0 Å². The SMILES string of the molecule is Cc1oc(CN)cc1Cn1cnc2c1CCCC2. The van der Waals surface area contributed by atoms with Crippen LogP contribution in [-0.2, 0) is 25.9 Å². The van der Waals surface area contributed by atoms with Gasteiger partial charge in [0.15, 0.2) is 0 Å². The first kappa shape index (κ1) is 11.5. The van der Waals surface area contributed by atoms with Crippen LogP contribution in [0.25, 0.3) is 0 Å². The first-order valence-electron chi connectivity index (χ1n) is 6.59. The molecule has 2 aromatic heterocycles. The maximum atomic E-state index is 5.60. The Labute approximate surface area is 107 Å². The van der Waals surface area contributed by atoms with Crippen molar-refractivity contribution in [2.45, 2.75) is 45.7 Å². The van der Waals surface area contributed by atoms with E-state index in [-0.39, 0.29) is 0 Å². The van der Waals surface area contributed by atoms with E-state index in [0.29, 0.717) is 6.54 Å². The van der Waals surface area contributed by atoms with Crippen molar-refractivity contribution < 1.29 is 4.42 Å². The molecule has 0 fully saturated rings. The van der Waals surface area contributed by atoms with Gasteiger partial charge in [-0.15, -0.1) is 0 Å². The fourth-order valence-electron chi connectivity index (χ4n) is 2.70. The average Bonchev–Trinajstić information content (AvgIpc) is 2.95. The summed E-state index contributed by atoms with van der Waals surface area (Å²) in [6, 6.07) is 2.06. The van der Waals surface area contributed by atoms with Gasteiger partial charge in [0.1, 0.15) is 11.5 Å². The summed E-state index contributed by atoms with van der Waals surface area (Å²) in [5.41, 5.74) is 9.49. The van der Waals surface area contributed by atoms with E-state index >= 15 is 0 Å². The minimum absolute atomic E-state index is 0.461. The molecule has 0 saturated carbocycles. The number of rotatable bonds is 3. The maximum Gasteiger partial charge on any atom is 0.118 e. The highest BCUT2D eigenvalue weighted by Gasteiger charge is 2.16. The van der Waals surface area contributed by atoms with Crippen molar-refractivity contribution in [3.63, 3.8) is 0 Å². The molecule has 0 aliphatic heterocycles. The summed E-state index contributed by atoms with van der Waals surface area (Å²) in [6.45, 7) is 3.30. The number of nitrogens with zero attached hydrogens (tertiary/aromatic N) is 2. The smallest absolute Gasteiger partial charge is 0.118 e. The molecular weight excluding hydrogens is 226 g/mol. The molecule has 2 heterocycles. The third-order valence-electron chi connectivity index (χ3n) is 3.72. The minimum Gasteiger partial charge on any atom is -0.465 e. The summed E-state index contributed by atoms with van der Waals surface area (Å²) < 4.78 is 7.85. The lowest BCUT2D eigenvalue weighted by Crippen LogP contribution is -2.09. The number of aryl methyl sites for hydroxylation is 2. The van der Waals surface area contributed by atoms with Crippen LogP contribution in [0.2, 0.25) is 0 Å². The highest BCUT2D eigenvalue weighted by molar-refractivity contribution is 5.24. The molecule has 18 heavy (non-hydrogen) atoms. The van der Waals surface area contributed by atoms with Crippen molar-refractivity contribution in [3.8, 4) is 0 Å². The van der Waals surface area contributed by atoms with E-state index in [1.807, 2.05) is 13.3 Å². The van der Waals surface area contributed by atoms with Crippen LogP contribution in [0.3, 0.4) is 0 Å². The summed E-state index contributed by atoms with van der Waals surface area (Å²) in [4.78, 5) is 4.52. The van der Waals surface area contributed by atoms with Crippen molar-refractivity contribution in [3.05, 3.63) is 40.9 Å². The molecule has 1 aliphatic carbocycles. The van der Waals surface area contributed by atoms with Gasteiger partial charge in [-0.3, -0.25) is 0 Å². The van der Waals surface area contributed by atoms with Crippen molar-refractivity contribution in [1.82, 2.24) is 9.55 Å². The Bertz CT molecular complexity index is 553. The largest absolute Gasteiger partial charge is 0.465 e. The van der Waals surface area contributed by atoms with Crippen LogP contribution >= 0.6 is 0 Å². The van der Waals surface area contributed by atoms with E-state index < -0.39 is 0 Å². The first-order chi connectivity index (χ1) is 8.78. The maximum absolute atomic E-state index is 5.60. The number of nitrogens with two attached hydrogens (primary N) is 1. The summed E-state index contributed by atoms with van der Waals surface area (Å²) in [5.74, 6) is 1.82. The quantitative estimate of drug-likeness (QED) is 0.901. The molecular formula is C14H19N3O. The second-order valence-electron chi connectivity index (χ2n) is 4.97. The molecule has 0 amide bonds. The predicted octanol–water partition coefficient (Wildman–Crippen LogP) is 2.17. The van der Waals surface area contributed by atoms with Crippen LogP contribution in [0.5, 0.6) is 0 Å². The number of imidazole rings is 1. The van der Waals surface area contributed by atoms with Gasteiger partial charge in [0, 0.05) is 11.3 Å². The van der Waals surface area contributed by atoms with Crippen LogP contribution in [0.1, 0.15) is 41.3 Å². The second-order valence-corrected chi connectivity index (χ2v) is 4.97. The number of fused-ring (bicyclic) bond motifs is 1. The molecule has 0 saturated heterocycles. The fraction of sp³-hybridized carbons (Fsp3) is 0.500. The first-order valence-corrected chi connectivity index (χ1v) is 6.59. The molecule has 1 aliphatic rings. The Morgan fingerprint density at radius 2 is 2.22 bits per heavy atom. The van der Waals surface area contributed by atoms with Gasteiger partial charge in [-0.1, -0.05) is 0 Å². The summed E-state index contributed by atoms with van der Waals surface area (Å²) in [5, 5.41) is 0. The van der Waals surface area contributed by atoms with E-state index in [1.165, 1.54) is 29.8 Å². The predicted molar refractivity (Wildman–Crippen MR) is 69.3 cm³/mol. The molecule has 96 valence electrons. The Balaban J connectivity index is 1.87. The zero-order valence-corrected chi connectivity index (χ0v) is 10.8. The summed E-state index contributed by atoms with van der Waals surface area (Å²) >= 11 is 0. The highest BCUT2D eigenvalue weighted by atomic mass is 16.3. The average molecular weight is 245 g/mol. The number of aromatic nitrogens is 2. The molecule has 0 atom stereocenters. The van der Waals surface area contributed by atoms with E-state index in [9.17, 15) is 0 Å². The second kappa shape index (κ2) is 4.61. The zero-order chi connectivity index (χ0) is 12.5. The van der Waals surface area contributed by atoms with E-state index in [1.54, 1.807) is 0 Å². The van der Waals surface area contributed by atoms with Crippen LogP contribution in [0.15, 0.2) is 16.8 Å². The normalized spacial score (nSPS) is 14.8. The van der Waals surface area contributed by atoms with Crippen LogP contribution in [-0.4, -0.2) is 9.55 Å². The monoisotopic (exact) mass is 245 g/mol. The Morgan fingerprint density at radius 1 is 1.39 bits per heavy atom. The molecule has 2 aromatic rings. The number of hydrogen-bond donors (Lipinski definition) is 1. The standard InChI is InChI=1S/C14H19N3O/c1-10-11(6-12(7-15)18-10)8-17-9-16-13-4-2-3-5-14(13)17/h6,9H,2-5,7-8,15H2,1H3. The summed E-state index contributed by atoms with van der Waals surface area (Å²) in [7, 11) is 0. The van der Waals surface area contributed by atoms with E-state index in [0.717, 1.165) is 30.9 Å². The van der Waals surface area contributed by atoms with Crippen LogP contribution < -0.4 is 5.73 Å². The lowest BCUT2D eigenvalue weighted by molar-refractivity contribution is 0.481. The Kier molecular flexibility index (Phi) is 2.96. The van der Waals surface area contributed by atoms with Gasteiger partial charge >= 0.3 is 0 Å². The van der Waals surface area contributed by atoms with Crippen molar-refractivity contribution in [1.29, 1.82) is 0 Å². The van der Waals surface area contributed by atoms with E-state index in [2.05, 4.69) is 15.6 Å². The third-order valence-corrected chi connectivity index (χ3v) is 3.72. The van der Waals surface area contributed by atoms with Crippen LogP contribution in [0.4, 0.5) is 0 Å². The van der Waals surface area contributed by atoms with Crippen molar-refractivity contribution in [2.24, 2.45) is 5.73 Å². The minimum atomic E-state index is 0.461. The topological polar surface area (TPSA) is 57.0 Å². The molecule has 0 bridgehead atoms. The summed E-state index contributed by atoms with van der Waals surface area (Å²) in [6.07, 6.45) is 6.78. The number of furan rings is 1. The molecule has 4 heteroatoms. The van der Waals surface area contributed by atoms with Gasteiger partial charge in [0.05, 0.1) is 25.1 Å². The third kappa shape index (κ3) is 1.97. The Hall–Kier alpha value is -1.55. The Morgan fingerprint density at radius 3 is 3.00 bits per heavy atom. The molecule has 0 aromatic carbocycles. The van der Waals surface area contributed by atoms with Crippen molar-refractivity contribution >= 4 is 0 Å². The molecule has 2 N–H and O–H groups in total. The molecule has 0 radical (unpaired) electrons.